The topological polar surface area (TPSA) is 94.2 Å². The van der Waals surface area contributed by atoms with Crippen molar-refractivity contribution in [3.63, 3.8) is 0 Å². The van der Waals surface area contributed by atoms with Gasteiger partial charge in [0.15, 0.2) is 11.5 Å². The fourth-order valence-electron chi connectivity index (χ4n) is 3.76. The van der Waals surface area contributed by atoms with Crippen LogP contribution in [-0.2, 0) is 21.4 Å². The Balaban J connectivity index is 1.61. The van der Waals surface area contributed by atoms with Gasteiger partial charge in [0.05, 0.1) is 31.6 Å². The van der Waals surface area contributed by atoms with E-state index in [1.807, 2.05) is 25.1 Å². The van der Waals surface area contributed by atoms with Crippen LogP contribution in [0.4, 0.5) is 0 Å². The van der Waals surface area contributed by atoms with E-state index in [4.69, 9.17) is 14.2 Å². The molecule has 1 aliphatic heterocycles. The van der Waals surface area contributed by atoms with Gasteiger partial charge in [-0.3, -0.25) is 4.79 Å². The Bertz CT molecular complexity index is 1040. The van der Waals surface area contributed by atoms with E-state index in [2.05, 4.69) is 5.32 Å². The minimum absolute atomic E-state index is 0.157. The van der Waals surface area contributed by atoms with Crippen LogP contribution in [0.25, 0.3) is 0 Å². The number of amides is 1. The number of carbonyl (C=O) groups excluding carboxylic acids is 1. The smallest absolute Gasteiger partial charge is 0.243 e. The molecule has 2 aromatic rings. The second-order valence-electron chi connectivity index (χ2n) is 7.93. The van der Waals surface area contributed by atoms with E-state index in [9.17, 15) is 13.2 Å². The molecule has 1 heterocycles. The highest BCUT2D eigenvalue weighted by Crippen LogP contribution is 2.29. The van der Waals surface area contributed by atoms with E-state index in [1.165, 1.54) is 23.5 Å². The molecule has 3 rings (SSSR count). The summed E-state index contributed by atoms with van der Waals surface area (Å²) in [6.07, 6.45) is 2.17. The van der Waals surface area contributed by atoms with Crippen LogP contribution in [0.3, 0.4) is 0 Å². The minimum atomic E-state index is -3.67. The molecule has 0 aromatic heterocycles. The minimum Gasteiger partial charge on any atom is -0.497 e. The summed E-state index contributed by atoms with van der Waals surface area (Å²) in [4.78, 5) is 13.0. The maximum atomic E-state index is 13.0. The number of sulfonamides is 1. The zero-order valence-corrected chi connectivity index (χ0v) is 20.2. The summed E-state index contributed by atoms with van der Waals surface area (Å²) in [5, 5.41) is 2.94. The fourth-order valence-corrected chi connectivity index (χ4v) is 5.28. The first kappa shape index (κ1) is 24.9. The van der Waals surface area contributed by atoms with E-state index in [0.29, 0.717) is 49.8 Å². The first-order chi connectivity index (χ1) is 15.9. The zero-order chi connectivity index (χ0) is 23.8. The largest absolute Gasteiger partial charge is 0.497 e. The van der Waals surface area contributed by atoms with Gasteiger partial charge in [0, 0.05) is 19.6 Å². The second-order valence-corrected chi connectivity index (χ2v) is 9.87. The molecule has 0 aliphatic carbocycles. The number of hydrogen-bond donors (Lipinski definition) is 1. The van der Waals surface area contributed by atoms with Crippen LogP contribution in [-0.4, -0.2) is 52.5 Å². The third-order valence-electron chi connectivity index (χ3n) is 5.61. The molecule has 1 aliphatic rings. The van der Waals surface area contributed by atoms with Crippen LogP contribution in [0.1, 0.15) is 31.7 Å². The summed E-state index contributed by atoms with van der Waals surface area (Å²) in [5.74, 6) is 1.31. The number of benzene rings is 2. The van der Waals surface area contributed by atoms with Crippen molar-refractivity contribution in [3.8, 4) is 17.2 Å². The zero-order valence-electron chi connectivity index (χ0n) is 19.4. The third kappa shape index (κ3) is 6.17. The molecule has 1 N–H and O–H groups in total. The van der Waals surface area contributed by atoms with E-state index in [0.717, 1.165) is 12.0 Å². The predicted molar refractivity (Wildman–Crippen MR) is 125 cm³/mol. The van der Waals surface area contributed by atoms with Crippen LogP contribution in [0, 0.1) is 5.92 Å². The molecule has 9 heteroatoms. The lowest BCUT2D eigenvalue weighted by Crippen LogP contribution is -2.45. The number of methoxy groups -OCH3 is 2. The molecule has 1 atom stereocenters. The number of piperidine rings is 1. The van der Waals surface area contributed by atoms with Crippen molar-refractivity contribution in [2.75, 3.05) is 33.9 Å². The summed E-state index contributed by atoms with van der Waals surface area (Å²) in [6.45, 7) is 3.52. The molecular formula is C24H32N2O6S. The van der Waals surface area contributed by atoms with Gasteiger partial charge >= 0.3 is 0 Å². The average molecular weight is 477 g/mol. The van der Waals surface area contributed by atoms with Crippen molar-refractivity contribution in [2.24, 2.45) is 5.92 Å². The quantitative estimate of drug-likeness (QED) is 0.566. The molecule has 8 nitrogen and oxygen atoms in total. The van der Waals surface area contributed by atoms with Crippen molar-refractivity contribution < 1.29 is 27.4 Å². The van der Waals surface area contributed by atoms with E-state index >= 15 is 0 Å². The lowest BCUT2D eigenvalue weighted by Gasteiger charge is -2.31. The molecule has 1 amide bonds. The van der Waals surface area contributed by atoms with Crippen LogP contribution in [0.15, 0.2) is 47.4 Å². The molecule has 0 bridgehead atoms. The van der Waals surface area contributed by atoms with E-state index in [1.54, 1.807) is 19.2 Å². The monoisotopic (exact) mass is 476 g/mol. The fraction of sp³-hybridized carbons (Fsp3) is 0.458. The highest BCUT2D eigenvalue weighted by Gasteiger charge is 2.33. The lowest BCUT2D eigenvalue weighted by atomic mass is 9.98. The van der Waals surface area contributed by atoms with Gasteiger partial charge < -0.3 is 19.5 Å². The number of carbonyl (C=O) groups is 1. The van der Waals surface area contributed by atoms with Crippen molar-refractivity contribution in [1.82, 2.24) is 9.62 Å². The molecule has 0 spiro atoms. The first-order valence-corrected chi connectivity index (χ1v) is 12.5. The van der Waals surface area contributed by atoms with Gasteiger partial charge in [0.2, 0.25) is 15.9 Å². The number of rotatable bonds is 10. The summed E-state index contributed by atoms with van der Waals surface area (Å²) in [7, 11) is -0.565. The van der Waals surface area contributed by atoms with Crippen molar-refractivity contribution in [3.05, 3.63) is 48.0 Å². The van der Waals surface area contributed by atoms with Crippen molar-refractivity contribution in [2.45, 2.75) is 37.6 Å². The summed E-state index contributed by atoms with van der Waals surface area (Å²) in [5.41, 5.74) is 0.877. The van der Waals surface area contributed by atoms with Crippen LogP contribution in [0.5, 0.6) is 17.2 Å². The molecule has 0 radical (unpaired) electrons. The Morgan fingerprint density at radius 2 is 1.85 bits per heavy atom. The molecule has 1 unspecified atom stereocenters. The standard InChI is InChI=1S/C24H32N2O6S/c1-4-14-32-22-12-7-18(15-23(22)31-3)16-25-24(27)19-6-5-13-26(17-19)33(28,29)21-10-8-20(30-2)9-11-21/h7-12,15,19H,4-6,13-14,16-17H2,1-3H3,(H,25,27). The number of nitrogens with one attached hydrogen (secondary N) is 1. The number of hydrogen-bond acceptors (Lipinski definition) is 6. The predicted octanol–water partition coefficient (Wildman–Crippen LogP) is 3.21. The maximum Gasteiger partial charge on any atom is 0.243 e. The van der Waals surface area contributed by atoms with Crippen molar-refractivity contribution >= 4 is 15.9 Å². The number of ether oxygens (including phenoxy) is 3. The first-order valence-electron chi connectivity index (χ1n) is 11.1. The Labute approximate surface area is 195 Å². The SMILES string of the molecule is CCCOc1ccc(CNC(=O)C2CCCN(S(=O)(=O)c3ccc(OC)cc3)C2)cc1OC. The lowest BCUT2D eigenvalue weighted by molar-refractivity contribution is -0.126. The van der Waals surface area contributed by atoms with Crippen LogP contribution < -0.4 is 19.5 Å². The van der Waals surface area contributed by atoms with Gasteiger partial charge in [-0.15, -0.1) is 0 Å². The average Bonchev–Trinajstić information content (AvgIpc) is 2.86. The Hall–Kier alpha value is -2.78. The summed E-state index contributed by atoms with van der Waals surface area (Å²) >= 11 is 0. The van der Waals surface area contributed by atoms with Crippen LogP contribution in [0.2, 0.25) is 0 Å². The number of nitrogens with zero attached hydrogens (tertiary/aromatic N) is 1. The molecule has 180 valence electrons. The molecule has 0 saturated carbocycles. The molecule has 1 fully saturated rings. The second kappa shape index (κ2) is 11.4. The van der Waals surface area contributed by atoms with Gasteiger partial charge in [-0.1, -0.05) is 13.0 Å². The molecule has 1 saturated heterocycles. The van der Waals surface area contributed by atoms with Gasteiger partial charge in [-0.25, -0.2) is 8.42 Å². The van der Waals surface area contributed by atoms with Gasteiger partial charge in [-0.05, 0) is 61.2 Å². The summed E-state index contributed by atoms with van der Waals surface area (Å²) < 4.78 is 43.6. The highest BCUT2D eigenvalue weighted by molar-refractivity contribution is 7.89. The van der Waals surface area contributed by atoms with Gasteiger partial charge in [-0.2, -0.15) is 4.31 Å². The van der Waals surface area contributed by atoms with E-state index in [-0.39, 0.29) is 17.3 Å². The maximum absolute atomic E-state index is 13.0. The molecule has 2 aromatic carbocycles. The van der Waals surface area contributed by atoms with Gasteiger partial charge in [0.25, 0.3) is 0 Å². The summed E-state index contributed by atoms with van der Waals surface area (Å²) in [6, 6.07) is 11.8. The van der Waals surface area contributed by atoms with Gasteiger partial charge in [0.1, 0.15) is 5.75 Å². The highest BCUT2D eigenvalue weighted by atomic mass is 32.2. The Kier molecular flexibility index (Phi) is 8.57. The molecular weight excluding hydrogens is 444 g/mol. The van der Waals surface area contributed by atoms with Crippen molar-refractivity contribution in [1.29, 1.82) is 0 Å². The normalized spacial score (nSPS) is 16.8. The third-order valence-corrected chi connectivity index (χ3v) is 7.49. The van der Waals surface area contributed by atoms with E-state index < -0.39 is 15.9 Å². The molecule has 33 heavy (non-hydrogen) atoms. The van der Waals surface area contributed by atoms with Crippen LogP contribution >= 0.6 is 0 Å². The Morgan fingerprint density at radius 3 is 2.52 bits per heavy atom. The Morgan fingerprint density at radius 1 is 1.09 bits per heavy atom.